The van der Waals surface area contributed by atoms with E-state index in [1.165, 1.54) is 0 Å². The minimum atomic E-state index is -3.28. The first-order chi connectivity index (χ1) is 10.0. The summed E-state index contributed by atoms with van der Waals surface area (Å²) in [4.78, 5) is 0. The van der Waals surface area contributed by atoms with Crippen LogP contribution in [0, 0.1) is 23.3 Å². The smallest absolute Gasteiger partial charge is 0.197 e. The summed E-state index contributed by atoms with van der Waals surface area (Å²) >= 11 is 0. The van der Waals surface area contributed by atoms with Crippen LogP contribution in [0.1, 0.15) is 11.5 Å². The summed E-state index contributed by atoms with van der Waals surface area (Å²) in [5.74, 6) is -20.4. The molecule has 0 radical (unpaired) electrons. The summed E-state index contributed by atoms with van der Waals surface area (Å²) in [5.41, 5.74) is 4.90. The van der Waals surface area contributed by atoms with Gasteiger partial charge in [-0.3, -0.25) is 0 Å². The van der Waals surface area contributed by atoms with Gasteiger partial charge in [0.15, 0.2) is 40.6 Å². The highest BCUT2D eigenvalue weighted by Gasteiger charge is 2.47. The second kappa shape index (κ2) is 5.06. The van der Waals surface area contributed by atoms with Crippen LogP contribution in [0.25, 0.3) is 0 Å². The molecule has 0 saturated carbocycles. The lowest BCUT2D eigenvalue weighted by Gasteiger charge is -2.29. The Labute approximate surface area is 117 Å². The molecule has 1 aromatic rings. The van der Waals surface area contributed by atoms with Gasteiger partial charge in [-0.2, -0.15) is 0 Å². The van der Waals surface area contributed by atoms with Crippen molar-refractivity contribution in [3.8, 4) is 0 Å². The lowest BCUT2D eigenvalue weighted by molar-refractivity contribution is 0.301. The van der Waals surface area contributed by atoms with Crippen molar-refractivity contribution in [3.05, 3.63) is 58.2 Å². The molecule has 10 heteroatoms. The van der Waals surface area contributed by atoms with E-state index >= 15 is 0 Å². The van der Waals surface area contributed by atoms with Gasteiger partial charge in [-0.25, -0.2) is 35.1 Å². The van der Waals surface area contributed by atoms with Gasteiger partial charge in [-0.05, 0) is 6.07 Å². The maximum absolute atomic E-state index is 13.8. The van der Waals surface area contributed by atoms with E-state index in [1.807, 2.05) is 0 Å². The second-order valence-corrected chi connectivity index (χ2v) is 4.52. The monoisotopic (exact) mass is 330 g/mol. The molecule has 0 heterocycles. The van der Waals surface area contributed by atoms with E-state index in [9.17, 15) is 35.1 Å². The topological polar surface area (TPSA) is 52.0 Å². The van der Waals surface area contributed by atoms with Crippen LogP contribution in [0.15, 0.2) is 29.4 Å². The molecule has 1 aliphatic carbocycles. The SMILES string of the molecule is NC1(N)C(F)=C(F)C(c2cc(F)c(F)c(F)c2F)C(F)=C1F. The van der Waals surface area contributed by atoms with E-state index in [1.54, 1.807) is 0 Å². The standard InChI is InChI=1S/C12H6F8N2/c13-3-1-2(5(14)9(18)6(3)15)4-7(16)10(19)12(21,22)11(20)8(4)17/h1,4H,21-22H2. The van der Waals surface area contributed by atoms with Gasteiger partial charge in [0.1, 0.15) is 11.7 Å². The van der Waals surface area contributed by atoms with Crippen molar-refractivity contribution in [3.63, 3.8) is 0 Å². The van der Waals surface area contributed by atoms with Gasteiger partial charge >= 0.3 is 0 Å². The average Bonchev–Trinajstić information content (AvgIpc) is 2.47. The molecule has 22 heavy (non-hydrogen) atoms. The fraction of sp³-hybridized carbons (Fsp3) is 0.167. The van der Waals surface area contributed by atoms with Gasteiger partial charge in [0.05, 0.1) is 5.92 Å². The molecule has 0 saturated heterocycles. The molecule has 0 fully saturated rings. The lowest BCUT2D eigenvalue weighted by atomic mass is 9.87. The molecule has 120 valence electrons. The molecular weight excluding hydrogens is 324 g/mol. The summed E-state index contributed by atoms with van der Waals surface area (Å²) < 4.78 is 107. The molecule has 1 aromatic carbocycles. The van der Waals surface area contributed by atoms with Crippen LogP contribution in [0.4, 0.5) is 35.1 Å². The normalized spacial score (nSPS) is 19.2. The number of nitrogens with two attached hydrogens (primary N) is 2. The third-order valence-corrected chi connectivity index (χ3v) is 3.09. The minimum absolute atomic E-state index is 0.127. The van der Waals surface area contributed by atoms with Gasteiger partial charge in [0, 0.05) is 5.56 Å². The molecule has 4 N–H and O–H groups in total. The first kappa shape index (κ1) is 16.4. The second-order valence-electron chi connectivity index (χ2n) is 4.52. The molecule has 0 amide bonds. The van der Waals surface area contributed by atoms with E-state index in [0.717, 1.165) is 0 Å². The molecule has 1 aliphatic rings. The quantitative estimate of drug-likeness (QED) is 0.359. The summed E-state index contributed by atoms with van der Waals surface area (Å²) in [6.07, 6.45) is 0. The predicted octanol–water partition coefficient (Wildman–Crippen LogP) is 3.26. The largest absolute Gasteiger partial charge is 0.302 e. The molecule has 0 aromatic heterocycles. The number of hydrogen-bond donors (Lipinski definition) is 2. The first-order valence-electron chi connectivity index (χ1n) is 5.53. The highest BCUT2D eigenvalue weighted by atomic mass is 19.2. The third kappa shape index (κ3) is 2.10. The highest BCUT2D eigenvalue weighted by molar-refractivity contribution is 5.46. The molecule has 0 unspecified atom stereocenters. The maximum atomic E-state index is 13.8. The highest BCUT2D eigenvalue weighted by Crippen LogP contribution is 2.46. The van der Waals surface area contributed by atoms with Gasteiger partial charge in [-0.1, -0.05) is 0 Å². The Morgan fingerprint density at radius 2 is 1.18 bits per heavy atom. The van der Waals surface area contributed by atoms with Gasteiger partial charge in [0.25, 0.3) is 0 Å². The zero-order valence-electron chi connectivity index (χ0n) is 10.3. The van der Waals surface area contributed by atoms with Crippen LogP contribution < -0.4 is 11.5 Å². The van der Waals surface area contributed by atoms with Crippen LogP contribution in [0.5, 0.6) is 0 Å². The van der Waals surface area contributed by atoms with Crippen molar-refractivity contribution < 1.29 is 35.1 Å². The number of halogens is 8. The predicted molar refractivity (Wildman–Crippen MR) is 58.6 cm³/mol. The van der Waals surface area contributed by atoms with Crippen molar-refractivity contribution in [2.24, 2.45) is 11.5 Å². The van der Waals surface area contributed by atoms with E-state index in [4.69, 9.17) is 11.5 Å². The van der Waals surface area contributed by atoms with Gasteiger partial charge in [-0.15, -0.1) is 0 Å². The van der Waals surface area contributed by atoms with Crippen LogP contribution in [0.2, 0.25) is 0 Å². The Morgan fingerprint density at radius 3 is 1.64 bits per heavy atom. The third-order valence-electron chi connectivity index (χ3n) is 3.09. The lowest BCUT2D eigenvalue weighted by Crippen LogP contribution is -2.53. The average molecular weight is 330 g/mol. The van der Waals surface area contributed by atoms with Crippen molar-refractivity contribution >= 4 is 0 Å². The zero-order valence-corrected chi connectivity index (χ0v) is 10.3. The Balaban J connectivity index is 2.76. The van der Waals surface area contributed by atoms with Crippen LogP contribution in [0.3, 0.4) is 0 Å². The summed E-state index contributed by atoms with van der Waals surface area (Å²) in [6, 6.07) is -0.127. The summed E-state index contributed by atoms with van der Waals surface area (Å²) in [7, 11) is 0. The van der Waals surface area contributed by atoms with Crippen LogP contribution in [-0.2, 0) is 0 Å². The molecule has 0 aliphatic heterocycles. The zero-order chi connectivity index (χ0) is 17.0. The van der Waals surface area contributed by atoms with Gasteiger partial charge < -0.3 is 11.5 Å². The fourth-order valence-corrected chi connectivity index (χ4v) is 1.93. The fourth-order valence-electron chi connectivity index (χ4n) is 1.93. The Hall–Kier alpha value is -1.94. The first-order valence-corrected chi connectivity index (χ1v) is 5.53. The maximum Gasteiger partial charge on any atom is 0.197 e. The van der Waals surface area contributed by atoms with Crippen molar-refractivity contribution in [2.45, 2.75) is 11.6 Å². The van der Waals surface area contributed by atoms with Crippen molar-refractivity contribution in [2.75, 3.05) is 0 Å². The molecule has 2 rings (SSSR count). The van der Waals surface area contributed by atoms with Crippen LogP contribution >= 0.6 is 0 Å². The minimum Gasteiger partial charge on any atom is -0.302 e. The van der Waals surface area contributed by atoms with Crippen molar-refractivity contribution in [1.82, 2.24) is 0 Å². The molecule has 0 atom stereocenters. The van der Waals surface area contributed by atoms with Crippen molar-refractivity contribution in [1.29, 1.82) is 0 Å². The van der Waals surface area contributed by atoms with E-state index < -0.39 is 63.7 Å². The molecule has 0 bridgehead atoms. The summed E-state index contributed by atoms with van der Waals surface area (Å²) in [6.45, 7) is 0. The van der Waals surface area contributed by atoms with Crippen LogP contribution in [-0.4, -0.2) is 5.66 Å². The Kier molecular flexibility index (Phi) is 3.78. The van der Waals surface area contributed by atoms with E-state index in [2.05, 4.69) is 0 Å². The Bertz CT molecular complexity index is 694. The number of rotatable bonds is 1. The van der Waals surface area contributed by atoms with E-state index in [0.29, 0.717) is 0 Å². The van der Waals surface area contributed by atoms with Gasteiger partial charge in [0.2, 0.25) is 0 Å². The number of benzene rings is 1. The molecule has 0 spiro atoms. The van der Waals surface area contributed by atoms with E-state index in [-0.39, 0.29) is 6.07 Å². The number of allylic oxidation sites excluding steroid dienone is 2. The number of hydrogen-bond acceptors (Lipinski definition) is 2. The molecule has 2 nitrogen and oxygen atoms in total. The molecular formula is C12H6F8N2. The summed E-state index contributed by atoms with van der Waals surface area (Å²) in [5, 5.41) is 0. The Morgan fingerprint density at radius 1 is 0.727 bits per heavy atom.